The summed E-state index contributed by atoms with van der Waals surface area (Å²) < 4.78 is 13.0. The Labute approximate surface area is 125 Å². The molecule has 2 aliphatic carbocycles. The summed E-state index contributed by atoms with van der Waals surface area (Å²) in [4.78, 5) is 14.7. The van der Waals surface area contributed by atoms with Crippen molar-refractivity contribution in [3.63, 3.8) is 0 Å². The molecule has 2 saturated carbocycles. The minimum absolute atomic E-state index is 0.0826. The van der Waals surface area contributed by atoms with Gasteiger partial charge in [0, 0.05) is 25.0 Å². The van der Waals surface area contributed by atoms with Gasteiger partial charge < -0.3 is 10.6 Å². The van der Waals surface area contributed by atoms with Gasteiger partial charge in [0.15, 0.2) is 0 Å². The van der Waals surface area contributed by atoms with Crippen LogP contribution in [0.4, 0.5) is 4.39 Å². The summed E-state index contributed by atoms with van der Waals surface area (Å²) in [7, 11) is 0. The molecule has 0 spiro atoms. The molecule has 1 aromatic rings. The Morgan fingerprint density at radius 3 is 2.48 bits per heavy atom. The van der Waals surface area contributed by atoms with Crippen LogP contribution in [0.2, 0.25) is 0 Å². The van der Waals surface area contributed by atoms with Crippen LogP contribution >= 0.6 is 0 Å². The van der Waals surface area contributed by atoms with Gasteiger partial charge in [-0.05, 0) is 55.7 Å². The number of hydrogen-bond donors (Lipinski definition) is 1. The van der Waals surface area contributed by atoms with E-state index in [2.05, 4.69) is 0 Å². The second-order valence-corrected chi connectivity index (χ2v) is 6.56. The number of nitrogens with zero attached hydrogens (tertiary/aromatic N) is 1. The molecule has 21 heavy (non-hydrogen) atoms. The van der Waals surface area contributed by atoms with E-state index in [9.17, 15) is 9.18 Å². The Bertz CT molecular complexity index is 498. The van der Waals surface area contributed by atoms with Gasteiger partial charge >= 0.3 is 0 Å². The Morgan fingerprint density at radius 1 is 1.19 bits per heavy atom. The minimum atomic E-state index is -0.236. The van der Waals surface area contributed by atoms with E-state index in [1.54, 1.807) is 12.1 Å². The fraction of sp³-hybridized carbons (Fsp3) is 0.588. The summed E-state index contributed by atoms with van der Waals surface area (Å²) in [6.07, 6.45) is 5.10. The molecule has 114 valence electrons. The molecule has 2 fully saturated rings. The van der Waals surface area contributed by atoms with Crippen LogP contribution in [0.15, 0.2) is 24.3 Å². The topological polar surface area (TPSA) is 46.3 Å². The van der Waals surface area contributed by atoms with Crippen LogP contribution in [0.25, 0.3) is 0 Å². The molecule has 0 saturated heterocycles. The lowest BCUT2D eigenvalue weighted by Gasteiger charge is -2.26. The van der Waals surface area contributed by atoms with Crippen molar-refractivity contribution >= 4 is 5.91 Å². The second kappa shape index (κ2) is 6.14. The van der Waals surface area contributed by atoms with Crippen LogP contribution in [-0.4, -0.2) is 23.4 Å². The maximum Gasteiger partial charge on any atom is 0.226 e. The van der Waals surface area contributed by atoms with E-state index in [0.717, 1.165) is 31.4 Å². The number of hydrogen-bond acceptors (Lipinski definition) is 2. The van der Waals surface area contributed by atoms with Crippen molar-refractivity contribution in [2.75, 3.05) is 6.54 Å². The predicted octanol–water partition coefficient (Wildman–Crippen LogP) is 2.69. The molecule has 1 aromatic carbocycles. The molecule has 1 amide bonds. The van der Waals surface area contributed by atoms with E-state index < -0.39 is 0 Å². The van der Waals surface area contributed by atoms with Crippen LogP contribution in [-0.2, 0) is 11.3 Å². The van der Waals surface area contributed by atoms with Gasteiger partial charge in [-0.15, -0.1) is 0 Å². The summed E-state index contributed by atoms with van der Waals surface area (Å²) in [5, 5.41) is 0. The normalized spacial score (nSPS) is 25.0. The van der Waals surface area contributed by atoms with E-state index in [1.165, 1.54) is 25.0 Å². The van der Waals surface area contributed by atoms with Crippen LogP contribution in [0.5, 0.6) is 0 Å². The predicted molar refractivity (Wildman–Crippen MR) is 79.9 cm³/mol. The first-order valence-electron chi connectivity index (χ1n) is 7.90. The second-order valence-electron chi connectivity index (χ2n) is 6.56. The highest BCUT2D eigenvalue weighted by Gasteiger charge is 2.33. The number of halogens is 1. The molecule has 0 aromatic heterocycles. The molecule has 0 bridgehead atoms. The van der Waals surface area contributed by atoms with Gasteiger partial charge in [-0.2, -0.15) is 0 Å². The average molecular weight is 290 g/mol. The molecule has 2 atom stereocenters. The fourth-order valence-electron chi connectivity index (χ4n) is 3.15. The number of nitrogens with two attached hydrogens (primary N) is 1. The molecule has 2 N–H and O–H groups in total. The molecular weight excluding hydrogens is 267 g/mol. The zero-order valence-corrected chi connectivity index (χ0v) is 12.3. The standard InChI is InChI=1S/C17H23FN2O/c18-15-6-3-13(4-7-15)11-20(10-12-1-2-12)17(21)14-5-8-16(19)9-14/h3-4,6-7,12,14,16H,1-2,5,8-11,19H2/t14-,16+/m0/s1. The third-order valence-corrected chi connectivity index (χ3v) is 4.60. The smallest absolute Gasteiger partial charge is 0.226 e. The van der Waals surface area contributed by atoms with Crippen molar-refractivity contribution < 1.29 is 9.18 Å². The van der Waals surface area contributed by atoms with Gasteiger partial charge in [0.2, 0.25) is 5.91 Å². The number of carbonyl (C=O) groups is 1. The van der Waals surface area contributed by atoms with Gasteiger partial charge in [-0.3, -0.25) is 4.79 Å². The van der Waals surface area contributed by atoms with Crippen LogP contribution in [0.1, 0.15) is 37.7 Å². The van der Waals surface area contributed by atoms with Crippen LogP contribution in [0.3, 0.4) is 0 Å². The van der Waals surface area contributed by atoms with Crippen molar-refractivity contribution in [2.45, 2.75) is 44.7 Å². The molecule has 0 unspecified atom stereocenters. The van der Waals surface area contributed by atoms with Crippen LogP contribution < -0.4 is 5.73 Å². The Balaban J connectivity index is 1.67. The number of amides is 1. The van der Waals surface area contributed by atoms with Crippen molar-refractivity contribution in [1.82, 2.24) is 4.90 Å². The highest BCUT2D eigenvalue weighted by molar-refractivity contribution is 5.79. The Hall–Kier alpha value is -1.42. The number of carbonyl (C=O) groups excluding carboxylic acids is 1. The summed E-state index contributed by atoms with van der Waals surface area (Å²) in [6.45, 7) is 1.42. The Morgan fingerprint density at radius 2 is 1.90 bits per heavy atom. The lowest BCUT2D eigenvalue weighted by molar-refractivity contribution is -0.136. The molecule has 4 heteroatoms. The van der Waals surface area contributed by atoms with Gasteiger partial charge in [-0.25, -0.2) is 4.39 Å². The third-order valence-electron chi connectivity index (χ3n) is 4.60. The number of benzene rings is 1. The monoisotopic (exact) mass is 290 g/mol. The zero-order valence-electron chi connectivity index (χ0n) is 12.3. The molecule has 0 aliphatic heterocycles. The van der Waals surface area contributed by atoms with Crippen LogP contribution in [0, 0.1) is 17.7 Å². The summed E-state index contributed by atoms with van der Waals surface area (Å²) in [5.41, 5.74) is 6.93. The first kappa shape index (κ1) is 14.5. The van der Waals surface area contributed by atoms with Gasteiger partial charge in [0.1, 0.15) is 5.82 Å². The van der Waals surface area contributed by atoms with E-state index in [4.69, 9.17) is 5.73 Å². The van der Waals surface area contributed by atoms with E-state index in [-0.39, 0.29) is 23.7 Å². The van der Waals surface area contributed by atoms with Crippen molar-refractivity contribution in [3.8, 4) is 0 Å². The van der Waals surface area contributed by atoms with Crippen molar-refractivity contribution in [1.29, 1.82) is 0 Å². The SMILES string of the molecule is N[C@@H]1CC[C@H](C(=O)N(Cc2ccc(F)cc2)CC2CC2)C1. The largest absolute Gasteiger partial charge is 0.338 e. The quantitative estimate of drug-likeness (QED) is 0.906. The maximum absolute atomic E-state index is 13.0. The summed E-state index contributed by atoms with van der Waals surface area (Å²) in [6, 6.07) is 6.63. The average Bonchev–Trinajstić information content (AvgIpc) is 3.19. The maximum atomic E-state index is 13.0. The molecule has 3 nitrogen and oxygen atoms in total. The molecule has 2 aliphatic rings. The molecular formula is C17H23FN2O. The van der Waals surface area contributed by atoms with Gasteiger partial charge in [0.05, 0.1) is 0 Å². The van der Waals surface area contributed by atoms with E-state index in [0.29, 0.717) is 12.5 Å². The van der Waals surface area contributed by atoms with Gasteiger partial charge in [0.25, 0.3) is 0 Å². The highest BCUT2D eigenvalue weighted by Crippen LogP contribution is 2.32. The minimum Gasteiger partial charge on any atom is -0.338 e. The summed E-state index contributed by atoms with van der Waals surface area (Å²) >= 11 is 0. The van der Waals surface area contributed by atoms with E-state index in [1.807, 2.05) is 4.90 Å². The van der Waals surface area contributed by atoms with Gasteiger partial charge in [-0.1, -0.05) is 12.1 Å². The van der Waals surface area contributed by atoms with E-state index >= 15 is 0 Å². The lowest BCUT2D eigenvalue weighted by Crippen LogP contribution is -2.37. The first-order chi connectivity index (χ1) is 10.1. The zero-order chi connectivity index (χ0) is 14.8. The fourth-order valence-corrected chi connectivity index (χ4v) is 3.15. The third kappa shape index (κ3) is 3.82. The Kier molecular flexibility index (Phi) is 4.24. The summed E-state index contributed by atoms with van der Waals surface area (Å²) in [5.74, 6) is 0.739. The molecule has 0 heterocycles. The van der Waals surface area contributed by atoms with Crippen molar-refractivity contribution in [3.05, 3.63) is 35.6 Å². The molecule has 3 rings (SSSR count). The molecule has 0 radical (unpaired) electrons. The number of rotatable bonds is 5. The van der Waals surface area contributed by atoms with Crippen molar-refractivity contribution in [2.24, 2.45) is 17.6 Å². The highest BCUT2D eigenvalue weighted by atomic mass is 19.1. The first-order valence-corrected chi connectivity index (χ1v) is 7.90. The lowest BCUT2D eigenvalue weighted by atomic mass is 10.1.